The Morgan fingerprint density at radius 1 is 1.33 bits per heavy atom. The summed E-state index contributed by atoms with van der Waals surface area (Å²) >= 11 is 0. The zero-order valence-electron chi connectivity index (χ0n) is 13.5. The third-order valence-corrected chi connectivity index (χ3v) is 4.29. The second-order valence-corrected chi connectivity index (χ2v) is 6.19. The molecule has 1 unspecified atom stereocenters. The molecule has 1 amide bonds. The predicted molar refractivity (Wildman–Crippen MR) is 89.8 cm³/mol. The minimum absolute atomic E-state index is 0.136. The number of para-hydroxylation sites is 1. The van der Waals surface area contributed by atoms with E-state index in [1.165, 1.54) is 5.56 Å². The van der Waals surface area contributed by atoms with Gasteiger partial charge in [-0.3, -0.25) is 4.79 Å². The maximum Gasteiger partial charge on any atom is 0.227 e. The number of carbonyl (C=O) groups excluding carboxylic acids is 1. The van der Waals surface area contributed by atoms with Gasteiger partial charge in [0.1, 0.15) is 0 Å². The molecule has 3 nitrogen and oxygen atoms in total. The molecule has 3 heteroatoms. The molecule has 21 heavy (non-hydrogen) atoms. The molecule has 116 valence electrons. The van der Waals surface area contributed by atoms with Crippen molar-refractivity contribution in [1.82, 2.24) is 0 Å². The summed E-state index contributed by atoms with van der Waals surface area (Å²) in [5, 5.41) is 6.68. The fraction of sp³-hybridized carbons (Fsp3) is 0.611. The van der Waals surface area contributed by atoms with E-state index in [1.807, 2.05) is 12.1 Å². The molecule has 1 aliphatic rings. The SMILES string of the molecule is CCCC(CCC)C(=O)Nc1cccc2c1NC(C)CC2. The molecule has 0 saturated heterocycles. The van der Waals surface area contributed by atoms with E-state index in [1.54, 1.807) is 0 Å². The van der Waals surface area contributed by atoms with Gasteiger partial charge in [0.05, 0.1) is 11.4 Å². The van der Waals surface area contributed by atoms with Gasteiger partial charge in [-0.25, -0.2) is 0 Å². The molecule has 2 N–H and O–H groups in total. The molecular weight excluding hydrogens is 260 g/mol. The number of benzene rings is 1. The third-order valence-electron chi connectivity index (χ3n) is 4.29. The van der Waals surface area contributed by atoms with Gasteiger partial charge >= 0.3 is 0 Å². The van der Waals surface area contributed by atoms with Crippen LogP contribution in [0.2, 0.25) is 0 Å². The zero-order chi connectivity index (χ0) is 15.2. The van der Waals surface area contributed by atoms with Crippen molar-refractivity contribution in [2.24, 2.45) is 5.92 Å². The molecule has 0 radical (unpaired) electrons. The maximum atomic E-state index is 12.5. The van der Waals surface area contributed by atoms with Crippen LogP contribution >= 0.6 is 0 Å². The smallest absolute Gasteiger partial charge is 0.227 e. The van der Waals surface area contributed by atoms with Crippen molar-refractivity contribution in [3.05, 3.63) is 23.8 Å². The summed E-state index contributed by atoms with van der Waals surface area (Å²) in [4.78, 5) is 12.5. The number of amides is 1. The van der Waals surface area contributed by atoms with E-state index in [-0.39, 0.29) is 11.8 Å². The highest BCUT2D eigenvalue weighted by molar-refractivity contribution is 5.96. The molecule has 2 rings (SSSR count). The topological polar surface area (TPSA) is 41.1 Å². The summed E-state index contributed by atoms with van der Waals surface area (Å²) in [5.41, 5.74) is 3.38. The zero-order valence-corrected chi connectivity index (χ0v) is 13.5. The lowest BCUT2D eigenvalue weighted by Gasteiger charge is -2.27. The van der Waals surface area contributed by atoms with Gasteiger partial charge in [-0.2, -0.15) is 0 Å². The van der Waals surface area contributed by atoms with Gasteiger partial charge in [0, 0.05) is 12.0 Å². The second-order valence-electron chi connectivity index (χ2n) is 6.19. The van der Waals surface area contributed by atoms with Gasteiger partial charge in [-0.05, 0) is 44.2 Å². The number of carbonyl (C=O) groups is 1. The summed E-state index contributed by atoms with van der Waals surface area (Å²) in [7, 11) is 0. The second kappa shape index (κ2) is 7.48. The number of nitrogens with one attached hydrogen (secondary N) is 2. The van der Waals surface area contributed by atoms with Crippen LogP contribution in [0.5, 0.6) is 0 Å². The highest BCUT2D eigenvalue weighted by atomic mass is 16.1. The molecular formula is C18H28N2O. The summed E-state index contributed by atoms with van der Waals surface area (Å²) in [6.07, 6.45) is 6.29. The quantitative estimate of drug-likeness (QED) is 0.804. The Labute approximate surface area is 128 Å². The first-order valence-corrected chi connectivity index (χ1v) is 8.35. The van der Waals surface area contributed by atoms with Crippen LogP contribution in [0.4, 0.5) is 11.4 Å². The van der Waals surface area contributed by atoms with E-state index in [2.05, 4.69) is 37.5 Å². The van der Waals surface area contributed by atoms with Gasteiger partial charge in [0.25, 0.3) is 0 Å². The first-order chi connectivity index (χ1) is 10.2. The van der Waals surface area contributed by atoms with Crippen molar-refractivity contribution in [1.29, 1.82) is 0 Å². The average Bonchev–Trinajstić information content (AvgIpc) is 2.47. The lowest BCUT2D eigenvalue weighted by atomic mass is 9.96. The molecule has 0 bridgehead atoms. The Kier molecular flexibility index (Phi) is 5.66. The van der Waals surface area contributed by atoms with E-state index in [0.29, 0.717) is 6.04 Å². The lowest BCUT2D eigenvalue weighted by Crippen LogP contribution is -2.26. The van der Waals surface area contributed by atoms with Gasteiger partial charge < -0.3 is 10.6 Å². The van der Waals surface area contributed by atoms with Crippen LogP contribution < -0.4 is 10.6 Å². The average molecular weight is 288 g/mol. The fourth-order valence-corrected chi connectivity index (χ4v) is 3.11. The van der Waals surface area contributed by atoms with Gasteiger partial charge in [0.15, 0.2) is 0 Å². The summed E-state index contributed by atoms with van der Waals surface area (Å²) in [6, 6.07) is 6.68. The minimum atomic E-state index is 0.136. The van der Waals surface area contributed by atoms with E-state index in [0.717, 1.165) is 49.9 Å². The van der Waals surface area contributed by atoms with Crippen molar-refractivity contribution < 1.29 is 4.79 Å². The van der Waals surface area contributed by atoms with Crippen LogP contribution in [0, 0.1) is 5.92 Å². The summed E-state index contributed by atoms with van der Waals surface area (Å²) in [5.74, 6) is 0.309. The van der Waals surface area contributed by atoms with Crippen LogP contribution in [0.25, 0.3) is 0 Å². The highest BCUT2D eigenvalue weighted by Gasteiger charge is 2.21. The maximum absolute atomic E-state index is 12.5. The summed E-state index contributed by atoms with van der Waals surface area (Å²) < 4.78 is 0. The monoisotopic (exact) mass is 288 g/mol. The number of hydrogen-bond donors (Lipinski definition) is 2. The molecule has 1 heterocycles. The van der Waals surface area contributed by atoms with E-state index in [4.69, 9.17) is 0 Å². The van der Waals surface area contributed by atoms with E-state index >= 15 is 0 Å². The van der Waals surface area contributed by atoms with Crippen LogP contribution in [0.1, 0.15) is 58.4 Å². The number of aryl methyl sites for hydroxylation is 1. The van der Waals surface area contributed by atoms with Crippen molar-refractivity contribution in [2.75, 3.05) is 10.6 Å². The molecule has 0 aromatic heterocycles. The van der Waals surface area contributed by atoms with Crippen molar-refractivity contribution in [2.45, 2.75) is 65.3 Å². The Hall–Kier alpha value is -1.51. The predicted octanol–water partition coefficient (Wildman–Crippen LogP) is 4.59. The molecule has 0 fully saturated rings. The highest BCUT2D eigenvalue weighted by Crippen LogP contribution is 2.32. The third kappa shape index (κ3) is 3.99. The van der Waals surface area contributed by atoms with Crippen LogP contribution in [-0.2, 0) is 11.2 Å². The van der Waals surface area contributed by atoms with Gasteiger partial charge in [-0.1, -0.05) is 38.8 Å². The molecule has 1 atom stereocenters. The Morgan fingerprint density at radius 2 is 2.05 bits per heavy atom. The Bertz CT molecular complexity index is 478. The van der Waals surface area contributed by atoms with Crippen molar-refractivity contribution in [3.63, 3.8) is 0 Å². The minimum Gasteiger partial charge on any atom is -0.381 e. The molecule has 0 saturated carbocycles. The fourth-order valence-electron chi connectivity index (χ4n) is 3.11. The number of anilines is 2. The Balaban J connectivity index is 2.13. The largest absolute Gasteiger partial charge is 0.381 e. The van der Waals surface area contributed by atoms with Crippen LogP contribution in [0.15, 0.2) is 18.2 Å². The first kappa shape index (κ1) is 15.9. The molecule has 0 spiro atoms. The lowest BCUT2D eigenvalue weighted by molar-refractivity contribution is -0.120. The van der Waals surface area contributed by atoms with Crippen molar-refractivity contribution in [3.8, 4) is 0 Å². The molecule has 0 aliphatic carbocycles. The number of rotatable bonds is 6. The number of hydrogen-bond acceptors (Lipinski definition) is 2. The molecule has 1 aromatic rings. The number of fused-ring (bicyclic) bond motifs is 1. The van der Waals surface area contributed by atoms with E-state index in [9.17, 15) is 4.79 Å². The van der Waals surface area contributed by atoms with Crippen LogP contribution in [0.3, 0.4) is 0 Å². The van der Waals surface area contributed by atoms with Crippen LogP contribution in [-0.4, -0.2) is 11.9 Å². The van der Waals surface area contributed by atoms with Gasteiger partial charge in [0.2, 0.25) is 5.91 Å². The summed E-state index contributed by atoms with van der Waals surface area (Å²) in [6.45, 7) is 6.48. The molecule has 1 aromatic carbocycles. The molecule has 1 aliphatic heterocycles. The van der Waals surface area contributed by atoms with Gasteiger partial charge in [-0.15, -0.1) is 0 Å². The standard InChI is InChI=1S/C18H28N2O/c1-4-7-15(8-5-2)18(21)20-16-10-6-9-14-12-11-13(3)19-17(14)16/h6,9-10,13,15,19H,4-5,7-8,11-12H2,1-3H3,(H,20,21). The normalized spacial score (nSPS) is 17.2. The van der Waals surface area contributed by atoms with Crippen molar-refractivity contribution >= 4 is 17.3 Å². The Morgan fingerprint density at radius 3 is 2.71 bits per heavy atom. The first-order valence-electron chi connectivity index (χ1n) is 8.35. The van der Waals surface area contributed by atoms with E-state index < -0.39 is 0 Å².